The number of pyridine rings is 1. The molecule has 4 rings (SSSR count). The van der Waals surface area contributed by atoms with Crippen LogP contribution in [-0.4, -0.2) is 31.3 Å². The van der Waals surface area contributed by atoms with Crippen molar-refractivity contribution in [1.29, 1.82) is 0 Å². The third kappa shape index (κ3) is 4.22. The van der Waals surface area contributed by atoms with Crippen LogP contribution in [0.5, 0.6) is 0 Å². The maximum Gasteiger partial charge on any atom is 0.258 e. The maximum atomic E-state index is 12.6. The standard InChI is InChI=1S/C23H22ClN5O2/c1-5-31-15(4)17-10-20-18(9-19(17)24)23(30)27-21(26-20)8-16-6-7-22(25-11-16)29-12-13(2)14(3)28-29/h6-7,9-12H,4-5,8H2,1-3H3,(H,26,27,30). The number of aryl methyl sites for hydroxylation is 2. The van der Waals surface area contributed by atoms with E-state index in [4.69, 9.17) is 16.3 Å². The summed E-state index contributed by atoms with van der Waals surface area (Å²) in [5, 5.41) is 5.26. The predicted octanol–water partition coefficient (Wildman–Crippen LogP) is 4.37. The summed E-state index contributed by atoms with van der Waals surface area (Å²) in [6.07, 6.45) is 4.13. The van der Waals surface area contributed by atoms with Crippen LogP contribution in [0.25, 0.3) is 22.5 Å². The molecular formula is C23H22ClN5O2. The quantitative estimate of drug-likeness (QED) is 0.454. The number of H-pyrrole nitrogens is 1. The van der Waals surface area contributed by atoms with E-state index in [0.29, 0.717) is 46.1 Å². The Balaban J connectivity index is 1.64. The molecule has 7 nitrogen and oxygen atoms in total. The van der Waals surface area contributed by atoms with Gasteiger partial charge in [-0.1, -0.05) is 24.2 Å². The number of hydrogen-bond donors (Lipinski definition) is 1. The maximum absolute atomic E-state index is 12.6. The lowest BCUT2D eigenvalue weighted by atomic mass is 10.1. The van der Waals surface area contributed by atoms with Crippen molar-refractivity contribution >= 4 is 28.3 Å². The van der Waals surface area contributed by atoms with Crippen molar-refractivity contribution in [3.05, 3.63) is 86.8 Å². The molecule has 8 heteroatoms. The summed E-state index contributed by atoms with van der Waals surface area (Å²) in [6.45, 7) is 10.2. The Bertz CT molecular complexity index is 1320. The van der Waals surface area contributed by atoms with Gasteiger partial charge in [-0.2, -0.15) is 5.10 Å². The largest absolute Gasteiger partial charge is 0.494 e. The Kier molecular flexibility index (Phi) is 5.61. The summed E-state index contributed by atoms with van der Waals surface area (Å²) in [7, 11) is 0. The highest BCUT2D eigenvalue weighted by atomic mass is 35.5. The minimum atomic E-state index is -0.248. The zero-order chi connectivity index (χ0) is 22.1. The van der Waals surface area contributed by atoms with Crippen LogP contribution in [0.2, 0.25) is 5.02 Å². The fraction of sp³-hybridized carbons (Fsp3) is 0.217. The third-order valence-electron chi connectivity index (χ3n) is 5.02. The molecule has 0 unspecified atom stereocenters. The van der Waals surface area contributed by atoms with E-state index in [0.717, 1.165) is 22.6 Å². The molecule has 0 aliphatic carbocycles. The van der Waals surface area contributed by atoms with Crippen molar-refractivity contribution in [3.63, 3.8) is 0 Å². The van der Waals surface area contributed by atoms with Crippen LogP contribution in [0.3, 0.4) is 0 Å². The smallest absolute Gasteiger partial charge is 0.258 e. The van der Waals surface area contributed by atoms with Crippen LogP contribution in [0.1, 0.15) is 35.1 Å². The number of nitrogens with zero attached hydrogens (tertiary/aromatic N) is 4. The van der Waals surface area contributed by atoms with E-state index < -0.39 is 0 Å². The molecule has 31 heavy (non-hydrogen) atoms. The van der Waals surface area contributed by atoms with Crippen molar-refractivity contribution in [2.45, 2.75) is 27.2 Å². The van der Waals surface area contributed by atoms with Gasteiger partial charge in [0.15, 0.2) is 5.82 Å². The first-order valence-corrected chi connectivity index (χ1v) is 10.3. The van der Waals surface area contributed by atoms with Gasteiger partial charge in [0.05, 0.1) is 28.2 Å². The van der Waals surface area contributed by atoms with Crippen molar-refractivity contribution in [3.8, 4) is 5.82 Å². The average Bonchev–Trinajstić information content (AvgIpc) is 3.07. The monoisotopic (exact) mass is 435 g/mol. The molecule has 158 valence electrons. The Labute approximate surface area is 184 Å². The lowest BCUT2D eigenvalue weighted by Crippen LogP contribution is -2.13. The van der Waals surface area contributed by atoms with E-state index in [1.54, 1.807) is 23.0 Å². The lowest BCUT2D eigenvalue weighted by molar-refractivity contribution is 0.299. The van der Waals surface area contributed by atoms with Crippen LogP contribution in [0.15, 0.2) is 48.0 Å². The highest BCUT2D eigenvalue weighted by Gasteiger charge is 2.12. The van der Waals surface area contributed by atoms with E-state index in [-0.39, 0.29) is 5.56 Å². The fourth-order valence-electron chi connectivity index (χ4n) is 3.27. The van der Waals surface area contributed by atoms with Crippen molar-refractivity contribution in [1.82, 2.24) is 24.7 Å². The minimum Gasteiger partial charge on any atom is -0.494 e. The molecular weight excluding hydrogens is 414 g/mol. The van der Waals surface area contributed by atoms with Crippen LogP contribution in [-0.2, 0) is 11.2 Å². The van der Waals surface area contributed by atoms with E-state index in [1.807, 2.05) is 39.1 Å². The Morgan fingerprint density at radius 3 is 2.74 bits per heavy atom. The molecule has 0 atom stereocenters. The summed E-state index contributed by atoms with van der Waals surface area (Å²) in [6, 6.07) is 7.17. The summed E-state index contributed by atoms with van der Waals surface area (Å²) in [5.74, 6) is 1.71. The summed E-state index contributed by atoms with van der Waals surface area (Å²) in [5.41, 5.74) is 3.90. The van der Waals surface area contributed by atoms with E-state index in [2.05, 4.69) is 26.6 Å². The number of hydrogen-bond acceptors (Lipinski definition) is 5. The van der Waals surface area contributed by atoms with Gasteiger partial charge in [0.25, 0.3) is 5.56 Å². The van der Waals surface area contributed by atoms with Crippen LogP contribution in [0, 0.1) is 13.8 Å². The number of nitrogens with one attached hydrogen (secondary N) is 1. The Morgan fingerprint density at radius 1 is 1.29 bits per heavy atom. The van der Waals surface area contributed by atoms with Gasteiger partial charge in [-0.15, -0.1) is 0 Å². The van der Waals surface area contributed by atoms with Crippen LogP contribution in [0.4, 0.5) is 0 Å². The second kappa shape index (κ2) is 8.35. The molecule has 4 aromatic rings. The fourth-order valence-corrected chi connectivity index (χ4v) is 3.54. The van der Waals surface area contributed by atoms with Crippen LogP contribution < -0.4 is 5.56 Å². The number of aromatic amines is 1. The van der Waals surface area contributed by atoms with Gasteiger partial charge in [0.1, 0.15) is 11.6 Å². The first kappa shape index (κ1) is 20.8. The number of rotatable bonds is 6. The van der Waals surface area contributed by atoms with Gasteiger partial charge in [0.2, 0.25) is 0 Å². The molecule has 1 aromatic carbocycles. The van der Waals surface area contributed by atoms with Crippen LogP contribution >= 0.6 is 11.6 Å². The van der Waals surface area contributed by atoms with E-state index in [1.165, 1.54) is 0 Å². The van der Waals surface area contributed by atoms with Crippen molar-refractivity contribution < 1.29 is 4.74 Å². The molecule has 0 aliphatic heterocycles. The zero-order valence-electron chi connectivity index (χ0n) is 17.6. The number of ether oxygens (including phenoxy) is 1. The van der Waals surface area contributed by atoms with Gasteiger partial charge in [-0.25, -0.2) is 14.6 Å². The topological polar surface area (TPSA) is 85.7 Å². The highest BCUT2D eigenvalue weighted by Crippen LogP contribution is 2.27. The Morgan fingerprint density at radius 2 is 2.10 bits per heavy atom. The van der Waals surface area contributed by atoms with Gasteiger partial charge in [0, 0.05) is 24.4 Å². The molecule has 0 radical (unpaired) electrons. The zero-order valence-corrected chi connectivity index (χ0v) is 18.3. The highest BCUT2D eigenvalue weighted by molar-refractivity contribution is 6.33. The second-order valence-corrected chi connectivity index (χ2v) is 7.67. The summed E-state index contributed by atoms with van der Waals surface area (Å²) in [4.78, 5) is 24.5. The molecule has 0 amide bonds. The second-order valence-electron chi connectivity index (χ2n) is 7.26. The summed E-state index contributed by atoms with van der Waals surface area (Å²) < 4.78 is 7.21. The van der Waals surface area contributed by atoms with Crippen molar-refractivity contribution in [2.24, 2.45) is 0 Å². The molecule has 3 heterocycles. The van der Waals surface area contributed by atoms with E-state index >= 15 is 0 Å². The number of halogens is 1. The van der Waals surface area contributed by atoms with Gasteiger partial charge in [-0.3, -0.25) is 4.79 Å². The molecule has 0 spiro atoms. The normalized spacial score (nSPS) is 11.1. The number of aromatic nitrogens is 5. The minimum absolute atomic E-state index is 0.248. The van der Waals surface area contributed by atoms with Crippen molar-refractivity contribution in [2.75, 3.05) is 6.61 Å². The average molecular weight is 436 g/mol. The molecule has 0 aliphatic rings. The van der Waals surface area contributed by atoms with Gasteiger partial charge in [-0.05, 0) is 50.1 Å². The third-order valence-corrected chi connectivity index (χ3v) is 5.33. The molecule has 0 saturated heterocycles. The molecule has 3 aromatic heterocycles. The molecule has 0 fully saturated rings. The lowest BCUT2D eigenvalue weighted by Gasteiger charge is -2.10. The SMILES string of the molecule is C=C(OCC)c1cc2nc(Cc3ccc(-n4cc(C)c(C)n4)nc3)[nH]c(=O)c2cc1Cl. The molecule has 0 bridgehead atoms. The number of fused-ring (bicyclic) bond motifs is 1. The molecule has 0 saturated carbocycles. The van der Waals surface area contributed by atoms with E-state index in [9.17, 15) is 4.79 Å². The Hall–Kier alpha value is -3.45. The number of benzene rings is 1. The summed E-state index contributed by atoms with van der Waals surface area (Å²) >= 11 is 6.32. The first-order valence-electron chi connectivity index (χ1n) is 9.88. The molecule has 1 N–H and O–H groups in total. The van der Waals surface area contributed by atoms with Gasteiger partial charge < -0.3 is 9.72 Å². The predicted molar refractivity (Wildman–Crippen MR) is 122 cm³/mol. The first-order chi connectivity index (χ1) is 14.9. The van der Waals surface area contributed by atoms with Gasteiger partial charge >= 0.3 is 0 Å².